The van der Waals surface area contributed by atoms with Crippen LogP contribution in [0.2, 0.25) is 0 Å². The molecule has 0 unspecified atom stereocenters. The van der Waals surface area contributed by atoms with Crippen molar-refractivity contribution in [1.29, 1.82) is 0 Å². The van der Waals surface area contributed by atoms with E-state index in [0.717, 1.165) is 17.1 Å². The predicted octanol–water partition coefficient (Wildman–Crippen LogP) is 2.51. The van der Waals surface area contributed by atoms with E-state index in [-0.39, 0.29) is 0 Å². The highest BCUT2D eigenvalue weighted by atomic mass is 32.2. The number of hydrogen-bond donors (Lipinski definition) is 1. The second-order valence-corrected chi connectivity index (χ2v) is 4.13. The topological polar surface area (TPSA) is 46.5 Å². The average Bonchev–Trinajstić information content (AvgIpc) is 2.25. The summed E-state index contributed by atoms with van der Waals surface area (Å²) in [6, 6.07) is 7.05. The lowest BCUT2D eigenvalue weighted by atomic mass is 10.2. The van der Waals surface area contributed by atoms with Gasteiger partial charge in [0.05, 0.1) is 5.56 Å². The molecule has 3 nitrogen and oxygen atoms in total. The maximum atomic E-state index is 10.9. The van der Waals surface area contributed by atoms with Crippen molar-refractivity contribution in [1.82, 2.24) is 0 Å². The minimum Gasteiger partial charge on any atom is -0.478 e. The van der Waals surface area contributed by atoms with E-state index in [0.29, 0.717) is 12.2 Å². The van der Waals surface area contributed by atoms with Gasteiger partial charge in [-0.1, -0.05) is 12.1 Å². The lowest BCUT2D eigenvalue weighted by Gasteiger charge is -2.04. The van der Waals surface area contributed by atoms with E-state index >= 15 is 0 Å². The number of benzene rings is 1. The van der Waals surface area contributed by atoms with Gasteiger partial charge >= 0.3 is 5.97 Å². The van der Waals surface area contributed by atoms with Crippen molar-refractivity contribution in [3.05, 3.63) is 29.8 Å². The van der Waals surface area contributed by atoms with E-state index in [1.54, 1.807) is 31.0 Å². The molecule has 4 heteroatoms. The number of carboxylic acid groups (broad SMARTS) is 1. The van der Waals surface area contributed by atoms with Gasteiger partial charge in [-0.2, -0.15) is 0 Å². The molecule has 0 fully saturated rings. The average molecular weight is 226 g/mol. The number of thioether (sulfide) groups is 1. The maximum Gasteiger partial charge on any atom is 0.336 e. The van der Waals surface area contributed by atoms with Crippen LogP contribution in [0.25, 0.3) is 0 Å². The molecule has 0 saturated heterocycles. The number of ether oxygens (including phenoxy) is 1. The molecule has 0 heterocycles. The van der Waals surface area contributed by atoms with Crippen LogP contribution in [0.15, 0.2) is 29.2 Å². The smallest absolute Gasteiger partial charge is 0.336 e. The third-order valence-corrected chi connectivity index (χ3v) is 3.03. The Morgan fingerprint density at radius 2 is 2.20 bits per heavy atom. The molecule has 1 rings (SSSR count). The Bertz CT molecular complexity index is 325. The fourth-order valence-electron chi connectivity index (χ4n) is 1.15. The zero-order valence-corrected chi connectivity index (χ0v) is 9.42. The van der Waals surface area contributed by atoms with Crippen LogP contribution in [0.3, 0.4) is 0 Å². The summed E-state index contributed by atoms with van der Waals surface area (Å²) in [5.74, 6) is 0.00263. The summed E-state index contributed by atoms with van der Waals surface area (Å²) >= 11 is 1.55. The van der Waals surface area contributed by atoms with Gasteiger partial charge in [0.15, 0.2) is 0 Å². The van der Waals surface area contributed by atoms with Gasteiger partial charge in [-0.15, -0.1) is 11.8 Å². The number of aromatic carboxylic acids is 1. The molecule has 0 amide bonds. The van der Waals surface area contributed by atoms with Crippen LogP contribution in [0.4, 0.5) is 0 Å². The van der Waals surface area contributed by atoms with Crippen molar-refractivity contribution in [2.24, 2.45) is 0 Å². The van der Waals surface area contributed by atoms with Crippen LogP contribution >= 0.6 is 11.8 Å². The van der Waals surface area contributed by atoms with Gasteiger partial charge in [0.2, 0.25) is 0 Å². The summed E-state index contributed by atoms with van der Waals surface area (Å²) < 4.78 is 4.93. The van der Waals surface area contributed by atoms with Crippen molar-refractivity contribution < 1.29 is 14.6 Å². The highest BCUT2D eigenvalue weighted by molar-refractivity contribution is 7.99. The highest BCUT2D eigenvalue weighted by Crippen LogP contribution is 2.23. The fourth-order valence-corrected chi connectivity index (χ4v) is 2.12. The maximum absolute atomic E-state index is 10.9. The minimum atomic E-state index is -0.871. The first-order chi connectivity index (χ1) is 7.25. The Hall–Kier alpha value is -1.00. The van der Waals surface area contributed by atoms with E-state index < -0.39 is 5.97 Å². The largest absolute Gasteiger partial charge is 0.478 e. The quantitative estimate of drug-likeness (QED) is 0.598. The second-order valence-electron chi connectivity index (χ2n) is 3.00. The van der Waals surface area contributed by atoms with Crippen LogP contribution in [0.1, 0.15) is 16.8 Å². The molecule has 0 spiro atoms. The molecule has 0 aliphatic carbocycles. The summed E-state index contributed by atoms with van der Waals surface area (Å²) in [7, 11) is 1.66. The fraction of sp³-hybridized carbons (Fsp3) is 0.364. The second kappa shape index (κ2) is 6.48. The number of carbonyl (C=O) groups is 1. The van der Waals surface area contributed by atoms with Crippen LogP contribution in [-0.2, 0) is 4.74 Å². The molecule has 0 aromatic heterocycles. The Labute approximate surface area is 93.4 Å². The van der Waals surface area contributed by atoms with E-state index in [1.165, 1.54) is 0 Å². The zero-order valence-electron chi connectivity index (χ0n) is 8.60. The van der Waals surface area contributed by atoms with Gasteiger partial charge in [0.25, 0.3) is 0 Å². The number of rotatable bonds is 6. The van der Waals surface area contributed by atoms with Crippen molar-refractivity contribution in [2.45, 2.75) is 11.3 Å². The van der Waals surface area contributed by atoms with Crippen LogP contribution in [0, 0.1) is 0 Å². The highest BCUT2D eigenvalue weighted by Gasteiger charge is 2.08. The molecule has 1 aromatic rings. The molecule has 0 bridgehead atoms. The Balaban J connectivity index is 2.56. The standard InChI is InChI=1S/C11H14O3S/c1-14-7-4-8-15-10-6-3-2-5-9(10)11(12)13/h2-3,5-6H,4,7-8H2,1H3,(H,12,13). The van der Waals surface area contributed by atoms with Crippen LogP contribution < -0.4 is 0 Å². The Morgan fingerprint density at radius 3 is 2.87 bits per heavy atom. The van der Waals surface area contributed by atoms with Crippen LogP contribution in [0.5, 0.6) is 0 Å². The van der Waals surface area contributed by atoms with Gasteiger partial charge in [0.1, 0.15) is 0 Å². The predicted molar refractivity (Wildman–Crippen MR) is 60.6 cm³/mol. The van der Waals surface area contributed by atoms with Gasteiger partial charge in [-0.3, -0.25) is 0 Å². The van der Waals surface area contributed by atoms with Gasteiger partial charge in [-0.05, 0) is 18.6 Å². The first kappa shape index (κ1) is 12.1. The monoisotopic (exact) mass is 226 g/mol. The third-order valence-electron chi connectivity index (χ3n) is 1.87. The molecular weight excluding hydrogens is 212 g/mol. The van der Waals surface area contributed by atoms with Gasteiger partial charge < -0.3 is 9.84 Å². The van der Waals surface area contributed by atoms with E-state index in [9.17, 15) is 4.79 Å². The Kier molecular flexibility index (Phi) is 5.21. The molecule has 0 atom stereocenters. The first-order valence-corrected chi connectivity index (χ1v) is 5.68. The van der Waals surface area contributed by atoms with Gasteiger partial charge in [-0.25, -0.2) is 4.79 Å². The normalized spacial score (nSPS) is 10.2. The van der Waals surface area contributed by atoms with E-state index in [1.807, 2.05) is 12.1 Å². The van der Waals surface area contributed by atoms with E-state index in [4.69, 9.17) is 9.84 Å². The molecule has 0 radical (unpaired) electrons. The molecular formula is C11H14O3S. The minimum absolute atomic E-state index is 0.375. The van der Waals surface area contributed by atoms with E-state index in [2.05, 4.69) is 0 Å². The molecule has 0 aliphatic rings. The van der Waals surface area contributed by atoms with Crippen molar-refractivity contribution in [2.75, 3.05) is 19.5 Å². The summed E-state index contributed by atoms with van der Waals surface area (Å²) in [4.78, 5) is 11.7. The SMILES string of the molecule is COCCCSc1ccccc1C(=O)O. The van der Waals surface area contributed by atoms with Crippen molar-refractivity contribution in [3.8, 4) is 0 Å². The van der Waals surface area contributed by atoms with Crippen molar-refractivity contribution in [3.63, 3.8) is 0 Å². The van der Waals surface area contributed by atoms with Crippen molar-refractivity contribution >= 4 is 17.7 Å². The Morgan fingerprint density at radius 1 is 1.47 bits per heavy atom. The summed E-state index contributed by atoms with van der Waals surface area (Å²) in [5.41, 5.74) is 0.375. The lowest BCUT2D eigenvalue weighted by molar-refractivity contribution is 0.0693. The number of carboxylic acids is 1. The molecule has 0 saturated carbocycles. The number of hydrogen-bond acceptors (Lipinski definition) is 3. The lowest BCUT2D eigenvalue weighted by Crippen LogP contribution is -1.99. The summed E-state index contributed by atoms with van der Waals surface area (Å²) in [6.07, 6.45) is 0.926. The molecule has 0 aliphatic heterocycles. The van der Waals surface area contributed by atoms with Crippen LogP contribution in [-0.4, -0.2) is 30.5 Å². The summed E-state index contributed by atoms with van der Waals surface area (Å²) in [5, 5.41) is 8.93. The first-order valence-electron chi connectivity index (χ1n) is 4.69. The molecule has 1 N–H and O–H groups in total. The zero-order chi connectivity index (χ0) is 11.1. The van der Waals surface area contributed by atoms with Gasteiger partial charge in [0, 0.05) is 24.4 Å². The molecule has 1 aromatic carbocycles. The molecule has 15 heavy (non-hydrogen) atoms. The molecule has 82 valence electrons. The third kappa shape index (κ3) is 3.93. The number of methoxy groups -OCH3 is 1. The summed E-state index contributed by atoms with van der Waals surface area (Å²) in [6.45, 7) is 0.711.